The normalized spacial score (nSPS) is 11.5. The number of pyridine rings is 1. The van der Waals surface area contributed by atoms with Crippen LogP contribution in [0.2, 0.25) is 0 Å². The number of aromatic nitrogens is 4. The van der Waals surface area contributed by atoms with Crippen molar-refractivity contribution in [2.24, 2.45) is 0 Å². The second-order valence-corrected chi connectivity index (χ2v) is 7.59. The predicted molar refractivity (Wildman–Crippen MR) is 121 cm³/mol. The number of halogens is 4. The Morgan fingerprint density at radius 3 is 2.43 bits per heavy atom. The van der Waals surface area contributed by atoms with E-state index >= 15 is 0 Å². The molecule has 174 valence electrons. The molecule has 2 aromatic carbocycles. The lowest BCUT2D eigenvalue weighted by molar-refractivity contribution is -0.140. The van der Waals surface area contributed by atoms with Gasteiger partial charge >= 0.3 is 6.18 Å². The van der Waals surface area contributed by atoms with E-state index in [2.05, 4.69) is 20.4 Å². The van der Waals surface area contributed by atoms with E-state index in [1.807, 2.05) is 24.3 Å². The molecule has 0 saturated heterocycles. The van der Waals surface area contributed by atoms with Crippen LogP contribution in [-0.4, -0.2) is 25.5 Å². The van der Waals surface area contributed by atoms with E-state index in [1.54, 1.807) is 47.4 Å². The Morgan fingerprint density at radius 2 is 1.69 bits per heavy atom. The van der Waals surface area contributed by atoms with Crippen LogP contribution < -0.4 is 5.32 Å². The van der Waals surface area contributed by atoms with E-state index in [0.717, 1.165) is 11.6 Å². The van der Waals surface area contributed by atoms with Gasteiger partial charge in [0.25, 0.3) is 5.91 Å². The third kappa shape index (κ3) is 4.45. The zero-order valence-corrected chi connectivity index (χ0v) is 17.8. The number of amides is 1. The minimum absolute atomic E-state index is 0.235. The molecule has 6 nitrogen and oxygen atoms in total. The Labute approximate surface area is 195 Å². The minimum Gasteiger partial charge on any atom is -0.322 e. The number of fused-ring (bicyclic) bond motifs is 1. The van der Waals surface area contributed by atoms with Crippen molar-refractivity contribution in [1.29, 1.82) is 0 Å². The van der Waals surface area contributed by atoms with Crippen LogP contribution in [0.25, 0.3) is 28.2 Å². The van der Waals surface area contributed by atoms with Gasteiger partial charge in [0, 0.05) is 47.0 Å². The van der Waals surface area contributed by atoms with Crippen LogP contribution in [0.4, 0.5) is 23.2 Å². The smallest absolute Gasteiger partial charge is 0.322 e. The largest absolute Gasteiger partial charge is 0.419 e. The number of benzene rings is 2. The van der Waals surface area contributed by atoms with E-state index in [9.17, 15) is 22.4 Å². The summed E-state index contributed by atoms with van der Waals surface area (Å²) in [6.45, 7) is 0. The van der Waals surface area contributed by atoms with E-state index in [-0.39, 0.29) is 5.56 Å². The van der Waals surface area contributed by atoms with E-state index in [1.165, 1.54) is 0 Å². The van der Waals surface area contributed by atoms with Gasteiger partial charge in [0.1, 0.15) is 5.82 Å². The number of alkyl halides is 3. The highest BCUT2D eigenvalue weighted by molar-refractivity contribution is 6.04. The fourth-order valence-electron chi connectivity index (χ4n) is 3.62. The molecule has 0 bridgehead atoms. The van der Waals surface area contributed by atoms with Gasteiger partial charge in [-0.3, -0.25) is 9.78 Å². The zero-order valence-electron chi connectivity index (χ0n) is 17.8. The second kappa shape index (κ2) is 8.64. The highest BCUT2D eigenvalue weighted by atomic mass is 19.4. The average molecular weight is 477 g/mol. The van der Waals surface area contributed by atoms with Gasteiger partial charge in [0.15, 0.2) is 5.65 Å². The molecule has 0 fully saturated rings. The van der Waals surface area contributed by atoms with Crippen LogP contribution in [0.3, 0.4) is 0 Å². The van der Waals surface area contributed by atoms with Gasteiger partial charge in [0.05, 0.1) is 17.0 Å². The monoisotopic (exact) mass is 477 g/mol. The molecular weight excluding hydrogens is 462 g/mol. The number of hydrogen-bond donors (Lipinski definition) is 1. The van der Waals surface area contributed by atoms with Gasteiger partial charge in [-0.25, -0.2) is 13.9 Å². The van der Waals surface area contributed by atoms with Crippen molar-refractivity contribution in [2.45, 2.75) is 6.18 Å². The lowest BCUT2D eigenvalue weighted by Crippen LogP contribution is -2.14. The zero-order chi connectivity index (χ0) is 24.6. The Balaban J connectivity index is 1.44. The molecule has 0 aliphatic carbocycles. The van der Waals surface area contributed by atoms with E-state index in [0.29, 0.717) is 40.4 Å². The number of rotatable bonds is 4. The first-order valence-corrected chi connectivity index (χ1v) is 10.3. The van der Waals surface area contributed by atoms with Gasteiger partial charge < -0.3 is 5.32 Å². The Morgan fingerprint density at radius 1 is 0.886 bits per heavy atom. The van der Waals surface area contributed by atoms with Gasteiger partial charge in [0.2, 0.25) is 0 Å². The molecule has 0 spiro atoms. The number of nitrogens with zero attached hydrogens (tertiary/aromatic N) is 4. The molecule has 3 aromatic heterocycles. The summed E-state index contributed by atoms with van der Waals surface area (Å²) < 4.78 is 53.9. The lowest BCUT2D eigenvalue weighted by atomic mass is 10.1. The maximum Gasteiger partial charge on any atom is 0.419 e. The van der Waals surface area contributed by atoms with E-state index < -0.39 is 23.5 Å². The third-order valence-corrected chi connectivity index (χ3v) is 5.29. The van der Waals surface area contributed by atoms with Crippen molar-refractivity contribution >= 4 is 17.2 Å². The van der Waals surface area contributed by atoms with Crippen molar-refractivity contribution in [3.05, 3.63) is 102 Å². The maximum absolute atomic E-state index is 13.9. The van der Waals surface area contributed by atoms with E-state index in [4.69, 9.17) is 0 Å². The Bertz CT molecular complexity index is 1550. The summed E-state index contributed by atoms with van der Waals surface area (Å²) in [6.07, 6.45) is 0.136. The van der Waals surface area contributed by atoms with Crippen molar-refractivity contribution in [3.63, 3.8) is 0 Å². The van der Waals surface area contributed by atoms with Crippen molar-refractivity contribution < 1.29 is 22.4 Å². The highest BCUT2D eigenvalue weighted by Crippen LogP contribution is 2.32. The summed E-state index contributed by atoms with van der Waals surface area (Å²) in [7, 11) is 0. The molecule has 10 heteroatoms. The minimum atomic E-state index is -4.84. The molecule has 0 atom stereocenters. The quantitative estimate of drug-likeness (QED) is 0.329. The molecule has 5 rings (SSSR count). The summed E-state index contributed by atoms with van der Waals surface area (Å²) >= 11 is 0. The molecule has 3 heterocycles. The number of anilines is 1. The molecular formula is C25H15F4N5O. The first-order chi connectivity index (χ1) is 16.8. The van der Waals surface area contributed by atoms with Crippen molar-refractivity contribution in [2.75, 3.05) is 5.32 Å². The maximum atomic E-state index is 13.9. The van der Waals surface area contributed by atoms with Crippen LogP contribution >= 0.6 is 0 Å². The van der Waals surface area contributed by atoms with Gasteiger partial charge in [-0.05, 0) is 48.5 Å². The summed E-state index contributed by atoms with van der Waals surface area (Å²) in [4.78, 5) is 20.9. The van der Waals surface area contributed by atoms with Gasteiger partial charge in [-0.2, -0.15) is 18.3 Å². The van der Waals surface area contributed by atoms with Crippen molar-refractivity contribution in [1.82, 2.24) is 19.6 Å². The fraction of sp³-hybridized carbons (Fsp3) is 0.0400. The topological polar surface area (TPSA) is 72.2 Å². The molecule has 5 aromatic rings. The average Bonchev–Trinajstić information content (AvgIpc) is 3.28. The van der Waals surface area contributed by atoms with Crippen LogP contribution in [0.5, 0.6) is 0 Å². The summed E-state index contributed by atoms with van der Waals surface area (Å²) in [6, 6.07) is 16.1. The summed E-state index contributed by atoms with van der Waals surface area (Å²) in [5.41, 5.74) is 2.32. The molecule has 1 amide bonds. The number of carbonyl (C=O) groups is 1. The molecule has 0 radical (unpaired) electrons. The highest BCUT2D eigenvalue weighted by Gasteiger charge is 2.34. The van der Waals surface area contributed by atoms with Crippen LogP contribution in [0.1, 0.15) is 15.9 Å². The Hall–Kier alpha value is -4.60. The Kier molecular flexibility index (Phi) is 5.48. The number of nitrogens with one attached hydrogen (secondary N) is 1. The molecule has 0 aliphatic heterocycles. The van der Waals surface area contributed by atoms with Crippen molar-refractivity contribution in [3.8, 4) is 22.5 Å². The van der Waals surface area contributed by atoms with Crippen LogP contribution in [0, 0.1) is 5.82 Å². The van der Waals surface area contributed by atoms with Gasteiger partial charge in [-0.1, -0.05) is 12.1 Å². The third-order valence-electron chi connectivity index (χ3n) is 5.29. The second-order valence-electron chi connectivity index (χ2n) is 7.59. The first-order valence-electron chi connectivity index (χ1n) is 10.3. The van der Waals surface area contributed by atoms with Crippen LogP contribution in [-0.2, 0) is 6.18 Å². The van der Waals surface area contributed by atoms with Crippen LogP contribution in [0.15, 0.2) is 85.3 Å². The molecule has 35 heavy (non-hydrogen) atoms. The summed E-state index contributed by atoms with van der Waals surface area (Å²) in [5, 5.41) is 7.23. The number of hydrogen-bond acceptors (Lipinski definition) is 4. The van der Waals surface area contributed by atoms with Gasteiger partial charge in [-0.15, -0.1) is 0 Å². The molecule has 0 aliphatic rings. The SMILES string of the molecule is O=C(Nc1cccc(-c2ccnc3cc(-c4ccncc4)nn23)c1)c1ccc(C(F)(F)F)c(F)c1. The fourth-order valence-corrected chi connectivity index (χ4v) is 3.62. The molecule has 0 saturated carbocycles. The molecule has 0 unspecified atom stereocenters. The predicted octanol–water partition coefficient (Wildman–Crippen LogP) is 5.87. The first kappa shape index (κ1) is 22.2. The lowest BCUT2D eigenvalue weighted by Gasteiger charge is -2.11. The molecule has 1 N–H and O–H groups in total. The number of carbonyl (C=O) groups excluding carboxylic acids is 1. The summed E-state index contributed by atoms with van der Waals surface area (Å²) in [5.74, 6) is -2.25. The standard InChI is InChI=1S/C25H15F4N5O/c26-20-13-17(4-5-19(20)25(27,28)29)24(35)32-18-3-1-2-16(12-18)22-8-11-31-23-14-21(33-34(22)23)15-6-9-30-10-7-15/h1-14H,(H,32,35).